The van der Waals surface area contributed by atoms with E-state index >= 15 is 0 Å². The summed E-state index contributed by atoms with van der Waals surface area (Å²) >= 11 is 0. The smallest absolute Gasteiger partial charge is 0.0353 e. The normalized spacial score (nSPS) is 35.1. The fourth-order valence-electron chi connectivity index (χ4n) is 3.91. The molecule has 0 aromatic heterocycles. The summed E-state index contributed by atoms with van der Waals surface area (Å²) in [6.07, 6.45) is 16.9. The van der Waals surface area contributed by atoms with Crippen LogP contribution in [0.1, 0.15) is 64.2 Å². The number of hydrogen-bond donors (Lipinski definition) is 0. The van der Waals surface area contributed by atoms with E-state index in [1.807, 2.05) is 0 Å². The standard InChI is InChI=1S/C15H26/c1-2-3-4-5-8-13-11-12-14-9-6-7-10-15(13)14/h2,13-15H,1,3-12H2. The quantitative estimate of drug-likeness (QED) is 0.441. The molecule has 0 aromatic rings. The topological polar surface area (TPSA) is 0 Å². The molecule has 0 aromatic carbocycles. The highest BCUT2D eigenvalue weighted by molar-refractivity contribution is 4.87. The Morgan fingerprint density at radius 1 is 1.00 bits per heavy atom. The van der Waals surface area contributed by atoms with E-state index in [1.165, 1.54) is 38.5 Å². The molecular formula is C15H26. The average molecular weight is 206 g/mol. The summed E-state index contributed by atoms with van der Waals surface area (Å²) in [5.74, 6) is 3.35. The van der Waals surface area contributed by atoms with Crippen LogP contribution in [-0.4, -0.2) is 0 Å². The van der Waals surface area contributed by atoms with Crippen molar-refractivity contribution >= 4 is 0 Å². The Bertz CT molecular complexity index is 194. The summed E-state index contributed by atoms with van der Waals surface area (Å²) in [5, 5.41) is 0. The fraction of sp³-hybridized carbons (Fsp3) is 0.867. The van der Waals surface area contributed by atoms with Gasteiger partial charge in [0, 0.05) is 0 Å². The zero-order valence-corrected chi connectivity index (χ0v) is 10.1. The molecule has 0 bridgehead atoms. The first kappa shape index (κ1) is 11.2. The first-order valence-electron chi connectivity index (χ1n) is 7.02. The Hall–Kier alpha value is -0.260. The first-order valence-corrected chi connectivity index (χ1v) is 7.02. The third-order valence-electron chi connectivity index (χ3n) is 4.71. The molecule has 86 valence electrons. The minimum Gasteiger partial charge on any atom is -0.103 e. The van der Waals surface area contributed by atoms with Crippen molar-refractivity contribution in [1.29, 1.82) is 0 Å². The van der Waals surface area contributed by atoms with Crippen LogP contribution < -0.4 is 0 Å². The third kappa shape index (κ3) is 2.86. The predicted molar refractivity (Wildman–Crippen MR) is 66.8 cm³/mol. The maximum absolute atomic E-state index is 3.80. The van der Waals surface area contributed by atoms with E-state index < -0.39 is 0 Å². The van der Waals surface area contributed by atoms with Crippen molar-refractivity contribution in [2.75, 3.05) is 0 Å². The highest BCUT2D eigenvalue weighted by Gasteiger charge is 2.36. The van der Waals surface area contributed by atoms with Gasteiger partial charge in [0.15, 0.2) is 0 Å². The number of fused-ring (bicyclic) bond motifs is 1. The maximum atomic E-state index is 3.80. The molecule has 3 unspecified atom stereocenters. The number of allylic oxidation sites excluding steroid dienone is 1. The molecule has 0 radical (unpaired) electrons. The largest absolute Gasteiger partial charge is 0.103 e. The molecule has 2 rings (SSSR count). The molecule has 0 aliphatic heterocycles. The minimum atomic E-state index is 1.10. The zero-order valence-electron chi connectivity index (χ0n) is 10.1. The molecular weight excluding hydrogens is 180 g/mol. The lowest BCUT2D eigenvalue weighted by Gasteiger charge is -2.29. The lowest BCUT2D eigenvalue weighted by atomic mass is 9.77. The molecule has 15 heavy (non-hydrogen) atoms. The van der Waals surface area contributed by atoms with Gasteiger partial charge in [0.1, 0.15) is 0 Å². The summed E-state index contributed by atoms with van der Waals surface area (Å²) in [6, 6.07) is 0. The van der Waals surface area contributed by atoms with Gasteiger partial charge in [0.25, 0.3) is 0 Å². The highest BCUT2D eigenvalue weighted by Crippen LogP contribution is 2.47. The van der Waals surface area contributed by atoms with Crippen molar-refractivity contribution < 1.29 is 0 Å². The molecule has 0 N–H and O–H groups in total. The van der Waals surface area contributed by atoms with Crippen LogP contribution in [0.15, 0.2) is 12.7 Å². The van der Waals surface area contributed by atoms with Gasteiger partial charge >= 0.3 is 0 Å². The molecule has 2 aliphatic rings. The highest BCUT2D eigenvalue weighted by atomic mass is 14.4. The lowest BCUT2D eigenvalue weighted by Crippen LogP contribution is -2.19. The second kappa shape index (κ2) is 5.72. The molecule has 0 nitrogen and oxygen atoms in total. The van der Waals surface area contributed by atoms with E-state index in [4.69, 9.17) is 0 Å². The van der Waals surface area contributed by atoms with Gasteiger partial charge in [-0.2, -0.15) is 0 Å². The lowest BCUT2D eigenvalue weighted by molar-refractivity contribution is 0.218. The summed E-state index contributed by atoms with van der Waals surface area (Å²) in [4.78, 5) is 0. The van der Waals surface area contributed by atoms with Crippen molar-refractivity contribution in [2.45, 2.75) is 64.2 Å². The monoisotopic (exact) mass is 206 g/mol. The Balaban J connectivity index is 1.71. The molecule has 0 heteroatoms. The second-order valence-corrected chi connectivity index (χ2v) is 5.62. The summed E-state index contributed by atoms with van der Waals surface area (Å²) < 4.78 is 0. The number of rotatable bonds is 5. The third-order valence-corrected chi connectivity index (χ3v) is 4.71. The molecule has 0 saturated heterocycles. The van der Waals surface area contributed by atoms with E-state index in [1.54, 1.807) is 25.7 Å². The van der Waals surface area contributed by atoms with Crippen LogP contribution in [0.25, 0.3) is 0 Å². The van der Waals surface area contributed by atoms with Gasteiger partial charge in [0.05, 0.1) is 0 Å². The van der Waals surface area contributed by atoms with Crippen LogP contribution in [0, 0.1) is 17.8 Å². The maximum Gasteiger partial charge on any atom is -0.0353 e. The Morgan fingerprint density at radius 2 is 1.87 bits per heavy atom. The Kier molecular flexibility index (Phi) is 4.29. The number of unbranched alkanes of at least 4 members (excludes halogenated alkanes) is 2. The second-order valence-electron chi connectivity index (χ2n) is 5.62. The van der Waals surface area contributed by atoms with Crippen molar-refractivity contribution in [1.82, 2.24) is 0 Å². The van der Waals surface area contributed by atoms with Crippen LogP contribution >= 0.6 is 0 Å². The van der Waals surface area contributed by atoms with Crippen molar-refractivity contribution in [3.8, 4) is 0 Å². The van der Waals surface area contributed by atoms with Crippen molar-refractivity contribution in [3.63, 3.8) is 0 Å². The van der Waals surface area contributed by atoms with E-state index in [9.17, 15) is 0 Å². The molecule has 3 atom stereocenters. The van der Waals surface area contributed by atoms with Gasteiger partial charge in [0.2, 0.25) is 0 Å². The van der Waals surface area contributed by atoms with Crippen LogP contribution in [0.4, 0.5) is 0 Å². The van der Waals surface area contributed by atoms with Gasteiger partial charge in [-0.25, -0.2) is 0 Å². The van der Waals surface area contributed by atoms with Crippen LogP contribution in [0.2, 0.25) is 0 Å². The van der Waals surface area contributed by atoms with Gasteiger partial charge in [-0.05, 0) is 49.9 Å². The minimum absolute atomic E-state index is 1.10. The average Bonchev–Trinajstić information content (AvgIpc) is 2.68. The first-order chi connectivity index (χ1) is 7.42. The summed E-state index contributed by atoms with van der Waals surface area (Å²) in [6.45, 7) is 3.80. The van der Waals surface area contributed by atoms with Gasteiger partial charge in [-0.1, -0.05) is 38.2 Å². The van der Waals surface area contributed by atoms with Crippen molar-refractivity contribution in [2.24, 2.45) is 17.8 Å². The Morgan fingerprint density at radius 3 is 2.73 bits per heavy atom. The molecule has 0 spiro atoms. The van der Waals surface area contributed by atoms with Gasteiger partial charge < -0.3 is 0 Å². The summed E-state index contributed by atoms with van der Waals surface area (Å²) in [5.41, 5.74) is 0. The van der Waals surface area contributed by atoms with Crippen molar-refractivity contribution in [3.05, 3.63) is 12.7 Å². The van der Waals surface area contributed by atoms with E-state index in [-0.39, 0.29) is 0 Å². The zero-order chi connectivity index (χ0) is 10.5. The predicted octanol–water partition coefficient (Wildman–Crippen LogP) is 4.95. The molecule has 0 heterocycles. The molecule has 0 amide bonds. The van der Waals surface area contributed by atoms with E-state index in [0.717, 1.165) is 17.8 Å². The SMILES string of the molecule is C=CCCCCC1CCC2CCCCC12. The molecule has 2 aliphatic carbocycles. The van der Waals surface area contributed by atoms with Gasteiger partial charge in [-0.15, -0.1) is 6.58 Å². The van der Waals surface area contributed by atoms with Crippen LogP contribution in [-0.2, 0) is 0 Å². The molecule has 2 saturated carbocycles. The van der Waals surface area contributed by atoms with Gasteiger partial charge in [-0.3, -0.25) is 0 Å². The Labute approximate surface area is 95.1 Å². The fourth-order valence-corrected chi connectivity index (χ4v) is 3.91. The van der Waals surface area contributed by atoms with Crippen LogP contribution in [0.3, 0.4) is 0 Å². The molecule has 2 fully saturated rings. The summed E-state index contributed by atoms with van der Waals surface area (Å²) in [7, 11) is 0. The number of hydrogen-bond acceptors (Lipinski definition) is 0. The van der Waals surface area contributed by atoms with E-state index in [2.05, 4.69) is 12.7 Å². The van der Waals surface area contributed by atoms with E-state index in [0.29, 0.717) is 0 Å². The van der Waals surface area contributed by atoms with Crippen LogP contribution in [0.5, 0.6) is 0 Å².